The van der Waals surface area contributed by atoms with E-state index in [4.69, 9.17) is 0 Å². The second kappa shape index (κ2) is 17.9. The van der Waals surface area contributed by atoms with Crippen LogP contribution in [0.3, 0.4) is 0 Å². The van der Waals surface area contributed by atoms with Crippen LogP contribution in [0.25, 0.3) is 0 Å². The predicted molar refractivity (Wildman–Crippen MR) is 177 cm³/mol. The van der Waals surface area contributed by atoms with E-state index in [1.54, 1.807) is 104 Å². The van der Waals surface area contributed by atoms with Gasteiger partial charge in [-0.3, -0.25) is 19.2 Å². The lowest BCUT2D eigenvalue weighted by molar-refractivity contribution is -0.115. The van der Waals surface area contributed by atoms with Gasteiger partial charge in [0.25, 0.3) is 11.8 Å². The summed E-state index contributed by atoms with van der Waals surface area (Å²) in [5, 5.41) is 11.3. The van der Waals surface area contributed by atoms with Crippen molar-refractivity contribution in [1.82, 2.24) is 5.32 Å². The Hall–Kier alpha value is -5.76. The summed E-state index contributed by atoms with van der Waals surface area (Å²) in [5.74, 6) is -1.19. The number of hydrogen-bond donors (Lipinski definition) is 4. The molecule has 8 heteroatoms. The van der Waals surface area contributed by atoms with Gasteiger partial charge in [-0.1, -0.05) is 85.0 Å². The Bertz CT molecular complexity index is 1600. The summed E-state index contributed by atoms with van der Waals surface area (Å²) in [6.45, 7) is 3.99. The zero-order chi connectivity index (χ0) is 31.6. The molecule has 3 aromatic carbocycles. The number of nitrogens with one attached hydrogen (secondary N) is 4. The molecule has 0 saturated carbocycles. The quantitative estimate of drug-likeness (QED) is 0.131. The molecule has 0 bridgehead atoms. The number of carbonyl (C=O) groups excluding carboxylic acids is 4. The van der Waals surface area contributed by atoms with E-state index in [9.17, 15) is 19.2 Å². The lowest BCUT2D eigenvalue weighted by atomic mass is 10.1. The third kappa shape index (κ3) is 11.6. The van der Waals surface area contributed by atoms with E-state index >= 15 is 0 Å². The molecule has 0 aliphatic heterocycles. The van der Waals surface area contributed by atoms with E-state index in [1.807, 2.05) is 37.3 Å². The van der Waals surface area contributed by atoms with Crippen LogP contribution in [-0.2, 0) is 20.9 Å². The average Bonchev–Trinajstić information content (AvgIpc) is 3.02. The van der Waals surface area contributed by atoms with Gasteiger partial charge in [0.2, 0.25) is 11.8 Å². The maximum absolute atomic E-state index is 13.0. The zero-order valence-corrected chi connectivity index (χ0v) is 24.7. The summed E-state index contributed by atoms with van der Waals surface area (Å²) >= 11 is 0. The fourth-order valence-corrected chi connectivity index (χ4v) is 3.91. The highest BCUT2D eigenvalue weighted by Gasteiger charge is 2.10. The molecule has 4 amide bonds. The summed E-state index contributed by atoms with van der Waals surface area (Å²) in [5.41, 5.74) is 3.29. The largest absolute Gasteiger partial charge is 0.348 e. The van der Waals surface area contributed by atoms with Crippen molar-refractivity contribution in [2.24, 2.45) is 0 Å². The summed E-state index contributed by atoms with van der Waals surface area (Å²) < 4.78 is 0. The highest BCUT2D eigenvalue weighted by Crippen LogP contribution is 2.17. The number of allylic oxidation sites excluding steroid dienone is 6. The first-order valence-corrected chi connectivity index (χ1v) is 14.1. The summed E-state index contributed by atoms with van der Waals surface area (Å²) in [6, 6.07) is 22.9. The molecule has 3 rings (SSSR count). The first-order valence-electron chi connectivity index (χ1n) is 14.1. The topological polar surface area (TPSA) is 116 Å². The van der Waals surface area contributed by atoms with Crippen LogP contribution in [0.15, 0.2) is 139 Å². The Morgan fingerprint density at radius 2 is 1.34 bits per heavy atom. The van der Waals surface area contributed by atoms with Gasteiger partial charge in [0.15, 0.2) is 0 Å². The average molecular weight is 589 g/mol. The standard InChI is InChI=1S/C36H36N4O4/c1-3-5-6-7-11-21-33(41)39-31-19-13-20-32(25-31)40-36(44)28(14-4-2)22-23-34(42)38-30-18-12-15-27(24-30)26-37-35(43)29-16-9-8-10-17-29/h3-22,24-25H,23,26H2,1-2H3,(H,37,43)(H,38,42)(H,39,41)(H,40,44)/b5-3-,7-6-,14-4-,21-11+,28-22+. The molecule has 8 nitrogen and oxygen atoms in total. The van der Waals surface area contributed by atoms with Crippen molar-refractivity contribution in [3.63, 3.8) is 0 Å². The Balaban J connectivity index is 1.55. The third-order valence-corrected chi connectivity index (χ3v) is 5.98. The minimum Gasteiger partial charge on any atom is -0.348 e. The van der Waals surface area contributed by atoms with Crippen LogP contribution < -0.4 is 21.3 Å². The first-order chi connectivity index (χ1) is 21.4. The van der Waals surface area contributed by atoms with Gasteiger partial charge in [-0.2, -0.15) is 0 Å². The molecule has 0 radical (unpaired) electrons. The fraction of sp³-hybridized carbons (Fsp3) is 0.111. The van der Waals surface area contributed by atoms with Gasteiger partial charge in [-0.05, 0) is 61.9 Å². The van der Waals surface area contributed by atoms with E-state index in [-0.39, 0.29) is 24.1 Å². The zero-order valence-electron chi connectivity index (χ0n) is 24.7. The maximum atomic E-state index is 13.0. The maximum Gasteiger partial charge on any atom is 0.255 e. The minimum atomic E-state index is -0.399. The van der Waals surface area contributed by atoms with Crippen molar-refractivity contribution in [3.8, 4) is 0 Å². The second-order valence-electron chi connectivity index (χ2n) is 9.45. The van der Waals surface area contributed by atoms with E-state index < -0.39 is 5.91 Å². The van der Waals surface area contributed by atoms with Crippen LogP contribution >= 0.6 is 0 Å². The van der Waals surface area contributed by atoms with Crippen LogP contribution in [0, 0.1) is 0 Å². The number of rotatable bonds is 13. The normalized spacial score (nSPS) is 11.7. The van der Waals surface area contributed by atoms with Crippen molar-refractivity contribution in [2.45, 2.75) is 26.8 Å². The number of benzene rings is 3. The van der Waals surface area contributed by atoms with Gasteiger partial charge in [0.1, 0.15) is 0 Å². The van der Waals surface area contributed by atoms with E-state index in [0.29, 0.717) is 34.7 Å². The fourth-order valence-electron chi connectivity index (χ4n) is 3.91. The highest BCUT2D eigenvalue weighted by atomic mass is 16.2. The second-order valence-corrected chi connectivity index (χ2v) is 9.45. The smallest absolute Gasteiger partial charge is 0.255 e. The molecule has 4 N–H and O–H groups in total. The van der Waals surface area contributed by atoms with E-state index in [0.717, 1.165) is 5.56 Å². The monoisotopic (exact) mass is 588 g/mol. The van der Waals surface area contributed by atoms with Gasteiger partial charge in [0, 0.05) is 47.2 Å². The molecule has 3 aromatic rings. The Morgan fingerprint density at radius 3 is 2.07 bits per heavy atom. The molecule has 0 fully saturated rings. The van der Waals surface area contributed by atoms with Crippen molar-refractivity contribution >= 4 is 40.7 Å². The molecule has 0 atom stereocenters. The Kier molecular flexibility index (Phi) is 13.3. The Labute approximate surface area is 258 Å². The van der Waals surface area contributed by atoms with Gasteiger partial charge >= 0.3 is 0 Å². The third-order valence-electron chi connectivity index (χ3n) is 5.98. The van der Waals surface area contributed by atoms with Gasteiger partial charge < -0.3 is 21.3 Å². The molecule has 0 spiro atoms. The van der Waals surface area contributed by atoms with Gasteiger partial charge in [0.05, 0.1) is 0 Å². The molecule has 0 aliphatic rings. The predicted octanol–water partition coefficient (Wildman–Crippen LogP) is 6.71. The van der Waals surface area contributed by atoms with Crippen LogP contribution in [0.4, 0.5) is 17.1 Å². The van der Waals surface area contributed by atoms with E-state index in [2.05, 4.69) is 21.3 Å². The van der Waals surface area contributed by atoms with Crippen molar-refractivity contribution in [1.29, 1.82) is 0 Å². The molecule has 224 valence electrons. The molecule has 44 heavy (non-hydrogen) atoms. The molecular weight excluding hydrogens is 552 g/mol. The van der Waals surface area contributed by atoms with Crippen LogP contribution in [0.5, 0.6) is 0 Å². The number of hydrogen-bond acceptors (Lipinski definition) is 4. The number of anilines is 3. The summed E-state index contributed by atoms with van der Waals surface area (Å²) in [7, 11) is 0. The highest BCUT2D eigenvalue weighted by molar-refractivity contribution is 6.07. The summed E-state index contributed by atoms with van der Waals surface area (Å²) in [6.07, 6.45) is 15.2. The Morgan fingerprint density at radius 1 is 0.659 bits per heavy atom. The molecule has 0 saturated heterocycles. The first kappa shape index (κ1) is 32.8. The lowest BCUT2D eigenvalue weighted by Gasteiger charge is -2.10. The van der Waals surface area contributed by atoms with Gasteiger partial charge in [-0.15, -0.1) is 0 Å². The van der Waals surface area contributed by atoms with Crippen LogP contribution in [-0.4, -0.2) is 23.6 Å². The van der Waals surface area contributed by atoms with Crippen molar-refractivity contribution in [2.75, 3.05) is 16.0 Å². The van der Waals surface area contributed by atoms with Crippen molar-refractivity contribution in [3.05, 3.63) is 150 Å². The number of carbonyl (C=O) groups is 4. The van der Waals surface area contributed by atoms with E-state index in [1.165, 1.54) is 6.08 Å². The summed E-state index contributed by atoms with van der Waals surface area (Å²) in [4.78, 5) is 50.2. The molecular formula is C36H36N4O4. The van der Waals surface area contributed by atoms with Gasteiger partial charge in [-0.25, -0.2) is 0 Å². The van der Waals surface area contributed by atoms with Crippen molar-refractivity contribution < 1.29 is 19.2 Å². The molecule has 0 heterocycles. The lowest BCUT2D eigenvalue weighted by Crippen LogP contribution is -2.22. The van der Waals surface area contributed by atoms with Crippen LogP contribution in [0.2, 0.25) is 0 Å². The SMILES string of the molecule is C\C=C/C=C\C=C\C(=O)Nc1cccc(NC(=O)C(/C=C\C)=C/CC(=O)Nc2cccc(CNC(=O)c3ccccc3)c2)c1. The number of amides is 4. The molecule has 0 aliphatic carbocycles. The molecule has 0 aromatic heterocycles. The molecule has 0 unspecified atom stereocenters. The van der Waals surface area contributed by atoms with Crippen LogP contribution in [0.1, 0.15) is 36.2 Å². The minimum absolute atomic E-state index is 0.0347.